The summed E-state index contributed by atoms with van der Waals surface area (Å²) < 4.78 is 0. The average molecular weight is 316 g/mol. The smallest absolute Gasteiger partial charge is 0.253 e. The van der Waals surface area contributed by atoms with Crippen molar-refractivity contribution in [3.63, 3.8) is 0 Å². The zero-order valence-electron chi connectivity index (χ0n) is 14.6. The molecule has 1 fully saturated rings. The van der Waals surface area contributed by atoms with Crippen LogP contribution in [0.15, 0.2) is 29.3 Å². The Bertz CT molecular complexity index is 568. The maximum Gasteiger partial charge on any atom is 0.253 e. The molecular weight excluding hydrogens is 288 g/mol. The highest BCUT2D eigenvalue weighted by Crippen LogP contribution is 2.28. The molecule has 1 aliphatic rings. The number of carbonyl (C=O) groups is 1. The van der Waals surface area contributed by atoms with Crippen LogP contribution in [0.1, 0.15) is 36.2 Å². The Balaban J connectivity index is 1.92. The molecule has 2 N–H and O–H groups in total. The van der Waals surface area contributed by atoms with Gasteiger partial charge in [-0.2, -0.15) is 0 Å². The molecule has 1 saturated carbocycles. The van der Waals surface area contributed by atoms with Gasteiger partial charge >= 0.3 is 0 Å². The normalized spacial score (nSPS) is 20.1. The Labute approximate surface area is 139 Å². The molecule has 0 saturated heterocycles. The Morgan fingerprint density at radius 1 is 1.39 bits per heavy atom. The van der Waals surface area contributed by atoms with E-state index < -0.39 is 0 Å². The van der Waals surface area contributed by atoms with Gasteiger partial charge in [0.15, 0.2) is 5.96 Å². The highest BCUT2D eigenvalue weighted by molar-refractivity contribution is 5.94. The molecule has 126 valence electrons. The first-order valence-corrected chi connectivity index (χ1v) is 8.36. The highest BCUT2D eigenvalue weighted by Gasteiger charge is 2.33. The van der Waals surface area contributed by atoms with E-state index >= 15 is 0 Å². The van der Waals surface area contributed by atoms with Crippen molar-refractivity contribution in [2.75, 3.05) is 27.2 Å². The summed E-state index contributed by atoms with van der Waals surface area (Å²) in [6.45, 7) is 5.88. The number of rotatable bonds is 6. The molecule has 1 aromatic rings. The SMILES string of the molecule is CCNC(=NCCc1cccc(C(=O)N(C)C)c1)NC1CC1C. The van der Waals surface area contributed by atoms with Crippen LogP contribution in [0.3, 0.4) is 0 Å². The summed E-state index contributed by atoms with van der Waals surface area (Å²) in [5.74, 6) is 1.67. The zero-order valence-corrected chi connectivity index (χ0v) is 14.6. The van der Waals surface area contributed by atoms with Crippen LogP contribution >= 0.6 is 0 Å². The number of benzene rings is 1. The van der Waals surface area contributed by atoms with E-state index in [1.807, 2.05) is 24.3 Å². The quantitative estimate of drug-likeness (QED) is 0.622. The van der Waals surface area contributed by atoms with Gasteiger partial charge in [-0.25, -0.2) is 0 Å². The van der Waals surface area contributed by atoms with Crippen molar-refractivity contribution < 1.29 is 4.79 Å². The lowest BCUT2D eigenvalue weighted by atomic mass is 10.1. The van der Waals surface area contributed by atoms with Crippen molar-refractivity contribution in [3.8, 4) is 0 Å². The first-order chi connectivity index (χ1) is 11.0. The number of hydrogen-bond donors (Lipinski definition) is 2. The predicted molar refractivity (Wildman–Crippen MR) is 94.8 cm³/mol. The van der Waals surface area contributed by atoms with E-state index in [0.717, 1.165) is 36.0 Å². The Kier molecular flexibility index (Phi) is 6.02. The monoisotopic (exact) mass is 316 g/mol. The van der Waals surface area contributed by atoms with E-state index in [-0.39, 0.29) is 5.91 Å². The standard InChI is InChI=1S/C18H28N4O/c1-5-19-18(21-16-11-13(16)2)20-10-9-14-7-6-8-15(12-14)17(23)22(3)4/h6-8,12-13,16H,5,9-11H2,1-4H3,(H2,19,20,21). The van der Waals surface area contributed by atoms with Crippen molar-refractivity contribution >= 4 is 11.9 Å². The van der Waals surface area contributed by atoms with Gasteiger partial charge in [0, 0.05) is 38.8 Å². The van der Waals surface area contributed by atoms with E-state index in [1.165, 1.54) is 6.42 Å². The van der Waals surface area contributed by atoms with Crippen LogP contribution in [0.4, 0.5) is 0 Å². The molecule has 2 atom stereocenters. The fourth-order valence-corrected chi connectivity index (χ4v) is 2.43. The molecule has 23 heavy (non-hydrogen) atoms. The Hall–Kier alpha value is -2.04. The summed E-state index contributed by atoms with van der Waals surface area (Å²) in [4.78, 5) is 18.2. The minimum absolute atomic E-state index is 0.0353. The Morgan fingerprint density at radius 3 is 2.74 bits per heavy atom. The molecule has 0 radical (unpaired) electrons. The number of hydrogen-bond acceptors (Lipinski definition) is 2. The van der Waals surface area contributed by atoms with E-state index in [1.54, 1.807) is 19.0 Å². The molecule has 2 unspecified atom stereocenters. The molecule has 2 rings (SSSR count). The summed E-state index contributed by atoms with van der Waals surface area (Å²) in [7, 11) is 3.54. The predicted octanol–water partition coefficient (Wildman–Crippen LogP) is 1.89. The zero-order chi connectivity index (χ0) is 16.8. The number of nitrogens with zero attached hydrogens (tertiary/aromatic N) is 2. The third-order valence-electron chi connectivity index (χ3n) is 4.03. The molecule has 0 heterocycles. The van der Waals surface area contributed by atoms with Crippen LogP contribution in [0.5, 0.6) is 0 Å². The maximum atomic E-state index is 12.0. The van der Waals surface area contributed by atoms with Crippen molar-refractivity contribution in [3.05, 3.63) is 35.4 Å². The maximum absolute atomic E-state index is 12.0. The largest absolute Gasteiger partial charge is 0.357 e. The van der Waals surface area contributed by atoms with Gasteiger partial charge in [0.25, 0.3) is 5.91 Å². The first-order valence-electron chi connectivity index (χ1n) is 8.36. The van der Waals surface area contributed by atoms with E-state index in [4.69, 9.17) is 0 Å². The lowest BCUT2D eigenvalue weighted by molar-refractivity contribution is 0.0827. The van der Waals surface area contributed by atoms with Gasteiger partial charge in [0.1, 0.15) is 0 Å². The third-order valence-corrected chi connectivity index (χ3v) is 4.03. The minimum Gasteiger partial charge on any atom is -0.357 e. The molecule has 1 amide bonds. The number of amides is 1. The van der Waals surface area contributed by atoms with Crippen molar-refractivity contribution in [2.24, 2.45) is 10.9 Å². The van der Waals surface area contributed by atoms with Crippen LogP contribution in [-0.4, -0.2) is 50.0 Å². The van der Waals surface area contributed by atoms with Gasteiger partial charge in [0.05, 0.1) is 0 Å². The molecule has 0 aromatic heterocycles. The van der Waals surface area contributed by atoms with Crippen molar-refractivity contribution in [1.82, 2.24) is 15.5 Å². The van der Waals surface area contributed by atoms with Crippen molar-refractivity contribution in [2.45, 2.75) is 32.7 Å². The van der Waals surface area contributed by atoms with Gasteiger partial charge in [-0.1, -0.05) is 19.1 Å². The van der Waals surface area contributed by atoms with Crippen LogP contribution in [0.2, 0.25) is 0 Å². The van der Waals surface area contributed by atoms with E-state index in [9.17, 15) is 4.79 Å². The second-order valence-electron chi connectivity index (χ2n) is 6.37. The summed E-state index contributed by atoms with van der Waals surface area (Å²) in [6.07, 6.45) is 2.05. The van der Waals surface area contributed by atoms with Crippen molar-refractivity contribution in [1.29, 1.82) is 0 Å². The number of nitrogens with one attached hydrogen (secondary N) is 2. The van der Waals surface area contributed by atoms with Gasteiger partial charge in [-0.15, -0.1) is 0 Å². The second kappa shape index (κ2) is 7.99. The molecule has 5 heteroatoms. The first kappa shape index (κ1) is 17.3. The van der Waals surface area contributed by atoms with E-state index in [0.29, 0.717) is 12.6 Å². The van der Waals surface area contributed by atoms with Crippen LogP contribution in [0.25, 0.3) is 0 Å². The molecule has 0 spiro atoms. The molecule has 1 aromatic carbocycles. The van der Waals surface area contributed by atoms with Gasteiger partial charge < -0.3 is 15.5 Å². The molecular formula is C18H28N4O. The third kappa shape index (κ3) is 5.27. The minimum atomic E-state index is 0.0353. The van der Waals surface area contributed by atoms with E-state index in [2.05, 4.69) is 29.5 Å². The lowest BCUT2D eigenvalue weighted by Crippen LogP contribution is -2.39. The van der Waals surface area contributed by atoms with Crippen LogP contribution in [0, 0.1) is 5.92 Å². The summed E-state index contributed by atoms with van der Waals surface area (Å²) in [6, 6.07) is 8.36. The number of aliphatic imine (C=N–C) groups is 1. The van der Waals surface area contributed by atoms with Crippen LogP contribution in [-0.2, 0) is 6.42 Å². The fourth-order valence-electron chi connectivity index (χ4n) is 2.43. The Morgan fingerprint density at radius 2 is 2.13 bits per heavy atom. The topological polar surface area (TPSA) is 56.7 Å². The average Bonchev–Trinajstić information content (AvgIpc) is 3.22. The number of guanidine groups is 1. The summed E-state index contributed by atoms with van der Waals surface area (Å²) in [5.41, 5.74) is 1.87. The number of carbonyl (C=O) groups excluding carboxylic acids is 1. The van der Waals surface area contributed by atoms with Gasteiger partial charge in [-0.3, -0.25) is 9.79 Å². The van der Waals surface area contributed by atoms with Gasteiger partial charge in [-0.05, 0) is 43.4 Å². The fraction of sp³-hybridized carbons (Fsp3) is 0.556. The highest BCUT2D eigenvalue weighted by atomic mass is 16.2. The van der Waals surface area contributed by atoms with Gasteiger partial charge in [0.2, 0.25) is 0 Å². The molecule has 0 aliphatic heterocycles. The molecule has 0 bridgehead atoms. The summed E-state index contributed by atoms with van der Waals surface area (Å²) >= 11 is 0. The molecule has 1 aliphatic carbocycles. The summed E-state index contributed by atoms with van der Waals surface area (Å²) in [5, 5.41) is 6.73. The lowest BCUT2D eigenvalue weighted by Gasteiger charge is -2.12. The second-order valence-corrected chi connectivity index (χ2v) is 6.37. The van der Waals surface area contributed by atoms with Crippen LogP contribution < -0.4 is 10.6 Å². The molecule has 5 nitrogen and oxygen atoms in total.